The van der Waals surface area contributed by atoms with Crippen molar-refractivity contribution in [1.82, 2.24) is 19.5 Å². The fourth-order valence-electron chi connectivity index (χ4n) is 3.33. The highest BCUT2D eigenvalue weighted by Crippen LogP contribution is 2.28. The van der Waals surface area contributed by atoms with E-state index in [1.165, 1.54) is 12.4 Å². The van der Waals surface area contributed by atoms with E-state index in [1.807, 2.05) is 6.92 Å². The molecule has 7 nitrogen and oxygen atoms in total. The number of rotatable bonds is 8. The third-order valence-corrected chi connectivity index (χ3v) is 5.53. The first-order valence-electron chi connectivity index (χ1n) is 10.5. The van der Waals surface area contributed by atoms with Gasteiger partial charge in [-0.05, 0) is 53.9 Å². The summed E-state index contributed by atoms with van der Waals surface area (Å²) in [5.41, 5.74) is 2.53. The highest BCUT2D eigenvalue weighted by molar-refractivity contribution is 6.31. The van der Waals surface area contributed by atoms with Gasteiger partial charge in [0, 0.05) is 49.1 Å². The zero-order valence-electron chi connectivity index (χ0n) is 18.7. The van der Waals surface area contributed by atoms with Gasteiger partial charge < -0.3 is 14.0 Å². The maximum Gasteiger partial charge on any atom is 0.299 e. The first-order valence-corrected chi connectivity index (χ1v) is 10.9. The number of ether oxygens (including phenoxy) is 2. The van der Waals surface area contributed by atoms with Crippen molar-refractivity contribution in [3.63, 3.8) is 0 Å². The predicted octanol–water partition coefficient (Wildman–Crippen LogP) is 4.68. The average Bonchev–Trinajstić information content (AvgIpc) is 2.82. The molecule has 0 N–H and O–H groups in total. The Bertz CT molecular complexity index is 1360. The van der Waals surface area contributed by atoms with E-state index < -0.39 is 5.82 Å². The summed E-state index contributed by atoms with van der Waals surface area (Å²) in [5.74, 6) is 0.145. The van der Waals surface area contributed by atoms with E-state index in [0.29, 0.717) is 29.2 Å². The topological polar surface area (TPSA) is 79.1 Å². The van der Waals surface area contributed by atoms with Crippen LogP contribution in [0.3, 0.4) is 0 Å². The first-order chi connectivity index (χ1) is 16.4. The quantitative estimate of drug-likeness (QED) is 0.364. The lowest BCUT2D eigenvalue weighted by molar-refractivity contribution is 0.281. The van der Waals surface area contributed by atoms with Crippen molar-refractivity contribution in [1.29, 1.82) is 0 Å². The van der Waals surface area contributed by atoms with Crippen LogP contribution in [0.25, 0.3) is 0 Å². The zero-order chi connectivity index (χ0) is 24.1. The molecule has 0 saturated heterocycles. The minimum Gasteiger partial charge on any atom is -0.464 e. The highest BCUT2D eigenvalue weighted by atomic mass is 35.5. The molecule has 2 aromatic carbocycles. The monoisotopic (exact) mass is 480 g/mol. The minimum atomic E-state index is -0.482. The van der Waals surface area contributed by atoms with Gasteiger partial charge in [0.2, 0.25) is 0 Å². The Morgan fingerprint density at radius 1 is 1.09 bits per heavy atom. The molecule has 2 heterocycles. The smallest absolute Gasteiger partial charge is 0.299 e. The van der Waals surface area contributed by atoms with Gasteiger partial charge in [0.25, 0.3) is 11.6 Å². The standard InChI is InChI=1S/C25H22ClFN4O3/c1-16-9-20(4-5-21(16)26)34-23-6-3-17(11-22(23)27)7-8-33-25-30-24(32)19(14-31(25)2)10-18-12-28-15-29-13-18/h3-6,9,11-15H,7-8,10H2,1-2H3. The summed E-state index contributed by atoms with van der Waals surface area (Å²) in [6.45, 7) is 2.08. The molecule has 0 bridgehead atoms. The van der Waals surface area contributed by atoms with E-state index in [0.717, 1.165) is 16.7 Å². The molecule has 0 aliphatic heterocycles. The molecule has 4 aromatic rings. The second-order valence-electron chi connectivity index (χ2n) is 7.76. The molecule has 34 heavy (non-hydrogen) atoms. The molecule has 0 saturated carbocycles. The fraction of sp³-hybridized carbons (Fsp3) is 0.200. The summed E-state index contributed by atoms with van der Waals surface area (Å²) >= 11 is 6.02. The lowest BCUT2D eigenvalue weighted by Gasteiger charge is -2.12. The Hall–Kier alpha value is -3.78. The molecule has 0 fully saturated rings. The maximum absolute atomic E-state index is 14.5. The number of halogens is 2. The van der Waals surface area contributed by atoms with Crippen molar-refractivity contribution in [2.24, 2.45) is 7.05 Å². The van der Waals surface area contributed by atoms with Crippen LogP contribution in [0.1, 0.15) is 22.3 Å². The van der Waals surface area contributed by atoms with Crippen LogP contribution in [0.15, 0.2) is 66.1 Å². The lowest BCUT2D eigenvalue weighted by atomic mass is 10.1. The maximum atomic E-state index is 14.5. The van der Waals surface area contributed by atoms with Crippen LogP contribution >= 0.6 is 11.6 Å². The number of aromatic nitrogens is 4. The molecule has 0 unspecified atom stereocenters. The Morgan fingerprint density at radius 3 is 2.62 bits per heavy atom. The minimum absolute atomic E-state index is 0.120. The van der Waals surface area contributed by atoms with Crippen molar-refractivity contribution in [2.45, 2.75) is 19.8 Å². The largest absolute Gasteiger partial charge is 0.464 e. The van der Waals surface area contributed by atoms with E-state index >= 15 is 0 Å². The second-order valence-corrected chi connectivity index (χ2v) is 8.17. The highest BCUT2D eigenvalue weighted by Gasteiger charge is 2.11. The van der Waals surface area contributed by atoms with E-state index in [9.17, 15) is 9.18 Å². The van der Waals surface area contributed by atoms with E-state index in [1.54, 1.807) is 60.5 Å². The van der Waals surface area contributed by atoms with Crippen molar-refractivity contribution in [3.05, 3.63) is 105 Å². The molecule has 0 spiro atoms. The fourth-order valence-corrected chi connectivity index (χ4v) is 3.45. The number of aryl methyl sites for hydroxylation is 2. The Kier molecular flexibility index (Phi) is 7.18. The molecule has 2 aromatic heterocycles. The van der Waals surface area contributed by atoms with Crippen LogP contribution in [0.2, 0.25) is 5.02 Å². The van der Waals surface area contributed by atoms with Crippen LogP contribution in [0.4, 0.5) is 4.39 Å². The van der Waals surface area contributed by atoms with Crippen molar-refractivity contribution < 1.29 is 13.9 Å². The SMILES string of the molecule is Cc1cc(Oc2ccc(CCOc3nc(=O)c(Cc4cncnc4)cn3C)cc2F)ccc1Cl. The van der Waals surface area contributed by atoms with Crippen LogP contribution in [0, 0.1) is 12.7 Å². The molecule has 0 atom stereocenters. The van der Waals surface area contributed by atoms with E-state index in [2.05, 4.69) is 15.0 Å². The van der Waals surface area contributed by atoms with Crippen LogP contribution in [-0.2, 0) is 19.9 Å². The normalized spacial score (nSPS) is 10.8. The number of hydrogen-bond donors (Lipinski definition) is 0. The van der Waals surface area contributed by atoms with Crippen molar-refractivity contribution in [3.8, 4) is 17.5 Å². The van der Waals surface area contributed by atoms with Gasteiger partial charge in [-0.15, -0.1) is 0 Å². The summed E-state index contributed by atoms with van der Waals surface area (Å²) in [4.78, 5) is 24.3. The Morgan fingerprint density at radius 2 is 1.88 bits per heavy atom. The van der Waals surface area contributed by atoms with Gasteiger partial charge in [0.15, 0.2) is 11.6 Å². The Labute approximate surface area is 200 Å². The number of benzene rings is 2. The van der Waals surface area contributed by atoms with Crippen LogP contribution < -0.4 is 15.0 Å². The van der Waals surface area contributed by atoms with Gasteiger partial charge in [-0.1, -0.05) is 17.7 Å². The van der Waals surface area contributed by atoms with Gasteiger partial charge >= 0.3 is 0 Å². The van der Waals surface area contributed by atoms with Crippen LogP contribution in [-0.4, -0.2) is 26.1 Å². The van der Waals surface area contributed by atoms with Gasteiger partial charge in [-0.25, -0.2) is 14.4 Å². The summed E-state index contributed by atoms with van der Waals surface area (Å²) < 4.78 is 27.5. The molecule has 0 aliphatic rings. The molecular weight excluding hydrogens is 459 g/mol. The summed E-state index contributed by atoms with van der Waals surface area (Å²) in [5, 5.41) is 0.621. The predicted molar refractivity (Wildman–Crippen MR) is 126 cm³/mol. The molecular formula is C25H22ClFN4O3. The average molecular weight is 481 g/mol. The molecule has 9 heteroatoms. The first kappa shape index (κ1) is 23.4. The van der Waals surface area contributed by atoms with Gasteiger partial charge in [-0.3, -0.25) is 4.79 Å². The Balaban J connectivity index is 1.36. The molecule has 0 aliphatic carbocycles. The molecule has 0 radical (unpaired) electrons. The number of hydrogen-bond acceptors (Lipinski definition) is 6. The second kappa shape index (κ2) is 10.4. The van der Waals surface area contributed by atoms with Gasteiger partial charge in [0.1, 0.15) is 12.1 Å². The zero-order valence-corrected chi connectivity index (χ0v) is 19.4. The van der Waals surface area contributed by atoms with Crippen LogP contribution in [0.5, 0.6) is 17.5 Å². The summed E-state index contributed by atoms with van der Waals surface area (Å²) in [6, 6.07) is 10.1. The number of nitrogens with zero attached hydrogens (tertiary/aromatic N) is 4. The van der Waals surface area contributed by atoms with Crippen molar-refractivity contribution >= 4 is 11.6 Å². The lowest BCUT2D eigenvalue weighted by Crippen LogP contribution is -2.19. The van der Waals surface area contributed by atoms with E-state index in [4.69, 9.17) is 21.1 Å². The molecule has 0 amide bonds. The molecule has 4 rings (SSSR count). The van der Waals surface area contributed by atoms with E-state index in [-0.39, 0.29) is 23.9 Å². The van der Waals surface area contributed by atoms with Gasteiger partial charge in [-0.2, -0.15) is 4.98 Å². The van der Waals surface area contributed by atoms with Crippen molar-refractivity contribution in [2.75, 3.05) is 6.61 Å². The summed E-state index contributed by atoms with van der Waals surface area (Å²) in [7, 11) is 1.75. The van der Waals surface area contributed by atoms with Gasteiger partial charge in [0.05, 0.1) is 6.61 Å². The molecule has 174 valence electrons. The third kappa shape index (κ3) is 5.77. The third-order valence-electron chi connectivity index (χ3n) is 5.11. The summed E-state index contributed by atoms with van der Waals surface area (Å²) in [6.07, 6.45) is 7.23.